The summed E-state index contributed by atoms with van der Waals surface area (Å²) in [5, 5.41) is 34.5. The van der Waals surface area contributed by atoms with Crippen LogP contribution < -0.4 is 0 Å². The van der Waals surface area contributed by atoms with Crippen LogP contribution in [0.2, 0.25) is 0 Å². The zero-order valence-corrected chi connectivity index (χ0v) is 36.3. The average molecular weight is 866 g/mol. The first-order chi connectivity index (χ1) is 33.6. The van der Waals surface area contributed by atoms with Crippen LogP contribution in [0.3, 0.4) is 0 Å². The van der Waals surface area contributed by atoms with E-state index in [1.165, 1.54) is 0 Å². The average Bonchev–Trinajstić information content (AvgIpc) is 3.93. The zero-order valence-electron chi connectivity index (χ0n) is 36.3. The van der Waals surface area contributed by atoms with Crippen molar-refractivity contribution in [2.75, 3.05) is 0 Å². The Balaban J connectivity index is 1.24. The minimum atomic E-state index is 0.463. The minimum absolute atomic E-state index is 0.463. The molecule has 0 spiro atoms. The van der Waals surface area contributed by atoms with Crippen LogP contribution in [0.5, 0.6) is 0 Å². The van der Waals surface area contributed by atoms with E-state index >= 15 is 0 Å². The van der Waals surface area contributed by atoms with Gasteiger partial charge in [-0.05, 0) is 89.0 Å². The number of fused-ring (bicyclic) bond motifs is 6. The van der Waals surface area contributed by atoms with E-state index in [1.54, 1.807) is 0 Å². The molecule has 0 N–H and O–H groups in total. The number of nitriles is 3. The molecule has 0 aliphatic rings. The molecule has 0 atom stereocenters. The van der Waals surface area contributed by atoms with E-state index in [-0.39, 0.29) is 0 Å². The third kappa shape index (κ3) is 6.65. The second kappa shape index (κ2) is 16.3. The highest BCUT2D eigenvalue weighted by Gasteiger charge is 2.26. The standard InChI is InChI=1S/C61H35N7/c62-36-39-19-23-42(24-20-39)46-27-29-50-48-15-7-9-17-54(48)67(56(50)33-46)58-31-41(38-64)32-59(60(58)61-65-52(44-11-3-1-4-12-44)35-53(66-61)45-13-5-2-6-14-45)68-55-18-10-8-16-49(55)51-30-28-47(34-57(51)68)43-25-21-40(37-63)22-26-43/h1-35H. The smallest absolute Gasteiger partial charge is 0.164 e. The van der Waals surface area contributed by atoms with Crippen molar-refractivity contribution < 1.29 is 0 Å². The third-order valence-corrected chi connectivity index (χ3v) is 12.8. The van der Waals surface area contributed by atoms with Gasteiger partial charge >= 0.3 is 0 Å². The zero-order chi connectivity index (χ0) is 45.7. The summed E-state index contributed by atoms with van der Waals surface area (Å²) >= 11 is 0. The van der Waals surface area contributed by atoms with E-state index in [2.05, 4.69) is 124 Å². The Morgan fingerprint density at radius 2 is 0.691 bits per heavy atom. The molecule has 0 bridgehead atoms. The lowest BCUT2D eigenvalue weighted by Gasteiger charge is -2.21. The second-order valence-corrected chi connectivity index (χ2v) is 16.7. The van der Waals surface area contributed by atoms with E-state index < -0.39 is 0 Å². The highest BCUT2D eigenvalue weighted by molar-refractivity contribution is 6.13. The summed E-state index contributed by atoms with van der Waals surface area (Å²) in [7, 11) is 0. The van der Waals surface area contributed by atoms with E-state index in [4.69, 9.17) is 9.97 Å². The van der Waals surface area contributed by atoms with Gasteiger partial charge in [0.2, 0.25) is 0 Å². The number of hydrogen-bond acceptors (Lipinski definition) is 5. The van der Waals surface area contributed by atoms with E-state index in [1.807, 2.05) is 115 Å². The van der Waals surface area contributed by atoms with Crippen LogP contribution in [0, 0.1) is 34.0 Å². The summed E-state index contributed by atoms with van der Waals surface area (Å²) in [6, 6.07) is 78.4. The lowest BCUT2D eigenvalue weighted by Crippen LogP contribution is -2.08. The fraction of sp³-hybridized carbons (Fsp3) is 0. The lowest BCUT2D eigenvalue weighted by molar-refractivity contribution is 1.10. The Hall–Kier alpha value is -9.87. The Morgan fingerprint density at radius 1 is 0.309 bits per heavy atom. The SMILES string of the molecule is N#Cc1ccc(-c2ccc3c4ccccc4n(-c4cc(C#N)cc(-n5c6ccccc6c6ccc(-c7ccc(C#N)cc7)cc65)c4-c4nc(-c5ccccc5)cc(-c5ccccc5)n4)c3c2)cc1. The van der Waals surface area contributed by atoms with Crippen molar-refractivity contribution in [2.24, 2.45) is 0 Å². The highest BCUT2D eigenvalue weighted by atomic mass is 15.0. The molecule has 3 aromatic heterocycles. The van der Waals surface area contributed by atoms with E-state index in [0.29, 0.717) is 22.5 Å². The van der Waals surface area contributed by atoms with Gasteiger partial charge in [-0.25, -0.2) is 9.97 Å². The summed E-state index contributed by atoms with van der Waals surface area (Å²) in [5.74, 6) is 0.489. The maximum absolute atomic E-state index is 11.1. The number of rotatable bonds is 7. The Morgan fingerprint density at radius 3 is 1.12 bits per heavy atom. The van der Waals surface area contributed by atoms with Gasteiger partial charge in [-0.15, -0.1) is 0 Å². The normalized spacial score (nSPS) is 11.2. The van der Waals surface area contributed by atoms with Gasteiger partial charge in [0.25, 0.3) is 0 Å². The van der Waals surface area contributed by atoms with Crippen LogP contribution in [-0.2, 0) is 0 Å². The second-order valence-electron chi connectivity index (χ2n) is 16.7. The van der Waals surface area contributed by atoms with Crippen molar-refractivity contribution in [2.45, 2.75) is 0 Å². The van der Waals surface area contributed by atoms with E-state index in [9.17, 15) is 15.8 Å². The predicted molar refractivity (Wildman–Crippen MR) is 272 cm³/mol. The molecule has 0 radical (unpaired) electrons. The molecule has 0 saturated heterocycles. The summed E-state index contributed by atoms with van der Waals surface area (Å²) in [5.41, 5.74) is 14.9. The van der Waals surface area contributed by atoms with Gasteiger partial charge in [-0.3, -0.25) is 0 Å². The van der Waals surface area contributed by atoms with Crippen molar-refractivity contribution in [1.82, 2.24) is 19.1 Å². The highest BCUT2D eigenvalue weighted by Crippen LogP contribution is 2.44. The maximum atomic E-state index is 11.1. The van der Waals surface area contributed by atoms with Crippen LogP contribution in [0.4, 0.5) is 0 Å². The fourth-order valence-electron chi connectivity index (χ4n) is 9.62. The molecular formula is C61H35N7. The molecule has 68 heavy (non-hydrogen) atoms. The summed E-state index contributed by atoms with van der Waals surface area (Å²) in [4.78, 5) is 11.0. The molecule has 0 saturated carbocycles. The van der Waals surface area contributed by atoms with Crippen molar-refractivity contribution in [1.29, 1.82) is 15.8 Å². The Kier molecular flexibility index (Phi) is 9.51. The molecule has 12 aromatic rings. The first kappa shape index (κ1) is 39.7. The van der Waals surface area contributed by atoms with Crippen LogP contribution in [0.15, 0.2) is 212 Å². The first-order valence-corrected chi connectivity index (χ1v) is 22.2. The van der Waals surface area contributed by atoms with E-state index in [0.717, 1.165) is 105 Å². The van der Waals surface area contributed by atoms with Gasteiger partial charge in [0.15, 0.2) is 5.82 Å². The number of para-hydroxylation sites is 2. The Bertz CT molecular complexity index is 3830. The molecule has 7 nitrogen and oxygen atoms in total. The fourth-order valence-corrected chi connectivity index (χ4v) is 9.62. The van der Waals surface area contributed by atoms with Gasteiger partial charge in [-0.2, -0.15) is 15.8 Å². The van der Waals surface area contributed by atoms with Gasteiger partial charge in [0, 0.05) is 32.7 Å². The molecule has 0 fully saturated rings. The largest absolute Gasteiger partial charge is 0.308 e. The molecule has 0 amide bonds. The molecule has 7 heteroatoms. The topological polar surface area (TPSA) is 107 Å². The number of benzene rings is 9. The lowest BCUT2D eigenvalue weighted by atomic mass is 10.0. The molecule has 9 aromatic carbocycles. The molecule has 3 heterocycles. The molecule has 314 valence electrons. The third-order valence-electron chi connectivity index (χ3n) is 12.8. The monoisotopic (exact) mass is 865 g/mol. The number of aromatic nitrogens is 4. The first-order valence-electron chi connectivity index (χ1n) is 22.2. The van der Waals surface area contributed by atoms with Gasteiger partial charge in [-0.1, -0.05) is 146 Å². The summed E-state index contributed by atoms with van der Waals surface area (Å²) in [6.45, 7) is 0. The van der Waals surface area contributed by atoms with Crippen molar-refractivity contribution >= 4 is 43.6 Å². The minimum Gasteiger partial charge on any atom is -0.308 e. The molecular weight excluding hydrogens is 831 g/mol. The van der Waals surface area contributed by atoms with Crippen LogP contribution >= 0.6 is 0 Å². The number of nitrogens with zero attached hydrogens (tertiary/aromatic N) is 7. The molecule has 12 rings (SSSR count). The van der Waals surface area contributed by atoms with Gasteiger partial charge < -0.3 is 9.13 Å². The van der Waals surface area contributed by atoms with Crippen LogP contribution in [0.1, 0.15) is 16.7 Å². The summed E-state index contributed by atoms with van der Waals surface area (Å²) < 4.78 is 4.52. The van der Waals surface area contributed by atoms with Crippen LogP contribution in [0.25, 0.3) is 111 Å². The predicted octanol–water partition coefficient (Wildman–Crippen LogP) is 14.6. The molecule has 0 aliphatic carbocycles. The number of hydrogen-bond donors (Lipinski definition) is 0. The molecule has 0 aliphatic heterocycles. The van der Waals surface area contributed by atoms with Gasteiger partial charge in [0.1, 0.15) is 0 Å². The van der Waals surface area contributed by atoms with Crippen LogP contribution in [-0.4, -0.2) is 19.1 Å². The van der Waals surface area contributed by atoms with Gasteiger partial charge in [0.05, 0.1) is 85.3 Å². The summed E-state index contributed by atoms with van der Waals surface area (Å²) in [6.07, 6.45) is 0. The molecule has 0 unspecified atom stereocenters. The van der Waals surface area contributed by atoms with Crippen molar-refractivity contribution in [3.8, 4) is 85.7 Å². The quantitative estimate of drug-likeness (QED) is 0.159. The van der Waals surface area contributed by atoms with Crippen molar-refractivity contribution in [3.63, 3.8) is 0 Å². The maximum Gasteiger partial charge on any atom is 0.164 e. The Labute approximate surface area is 391 Å². The van der Waals surface area contributed by atoms with Crippen molar-refractivity contribution in [3.05, 3.63) is 229 Å².